The maximum Gasteiger partial charge on any atom is 0.142 e. The van der Waals surface area contributed by atoms with Crippen LogP contribution in [0.15, 0.2) is 59.5 Å². The Balaban J connectivity index is 1.30. The van der Waals surface area contributed by atoms with E-state index in [2.05, 4.69) is 58.0 Å². The minimum atomic E-state index is -0.169. The van der Waals surface area contributed by atoms with Gasteiger partial charge in [-0.05, 0) is 78.5 Å². The molecule has 0 unspecified atom stereocenters. The van der Waals surface area contributed by atoms with E-state index in [-0.39, 0.29) is 11.2 Å². The first-order valence-corrected chi connectivity index (χ1v) is 12.1. The van der Waals surface area contributed by atoms with E-state index in [1.54, 1.807) is 31.2 Å². The van der Waals surface area contributed by atoms with Gasteiger partial charge in [0.2, 0.25) is 0 Å². The highest BCUT2D eigenvalue weighted by Crippen LogP contribution is 2.50. The average Bonchev–Trinajstić information content (AvgIpc) is 3.60. The highest BCUT2D eigenvalue weighted by atomic mass is 32.2. The van der Waals surface area contributed by atoms with Crippen LogP contribution in [-0.2, 0) is 5.41 Å². The molecule has 0 aromatic heterocycles. The quantitative estimate of drug-likeness (QED) is 0.507. The van der Waals surface area contributed by atoms with Gasteiger partial charge in [0.1, 0.15) is 11.6 Å². The number of nitrogens with one attached hydrogen (secondary N) is 1. The first kappa shape index (κ1) is 21.6. The summed E-state index contributed by atoms with van der Waals surface area (Å²) in [5.41, 5.74) is 2.51. The van der Waals surface area contributed by atoms with E-state index in [9.17, 15) is 4.39 Å². The van der Waals surface area contributed by atoms with Crippen LogP contribution in [0.1, 0.15) is 18.4 Å². The van der Waals surface area contributed by atoms with E-state index < -0.39 is 0 Å². The van der Waals surface area contributed by atoms with Gasteiger partial charge in [-0.15, -0.1) is 0 Å². The SMILES string of the molecule is COc1ccc(SNCC2(c3cccc4ccc(F)cc34)CC2)cc1N1CCN(C)CC1. The van der Waals surface area contributed by atoms with Gasteiger partial charge < -0.3 is 14.5 Å². The summed E-state index contributed by atoms with van der Waals surface area (Å²) >= 11 is 1.67. The Morgan fingerprint density at radius 3 is 2.59 bits per heavy atom. The highest BCUT2D eigenvalue weighted by Gasteiger charge is 2.44. The third-order valence-electron chi connectivity index (χ3n) is 6.86. The van der Waals surface area contributed by atoms with E-state index in [0.29, 0.717) is 0 Å². The number of halogens is 1. The Morgan fingerprint density at radius 1 is 1.03 bits per heavy atom. The van der Waals surface area contributed by atoms with Gasteiger partial charge in [0.25, 0.3) is 0 Å². The lowest BCUT2D eigenvalue weighted by Crippen LogP contribution is -2.44. The van der Waals surface area contributed by atoms with Gasteiger partial charge in [0, 0.05) is 43.0 Å². The minimum Gasteiger partial charge on any atom is -0.495 e. The van der Waals surface area contributed by atoms with Gasteiger partial charge in [0.05, 0.1) is 12.8 Å². The maximum absolute atomic E-state index is 13.9. The molecule has 1 saturated heterocycles. The molecule has 0 radical (unpaired) electrons. The second-order valence-corrected chi connectivity index (χ2v) is 9.96. The average molecular weight is 452 g/mol. The predicted molar refractivity (Wildman–Crippen MR) is 131 cm³/mol. The minimum absolute atomic E-state index is 0.0903. The fraction of sp³-hybridized carbons (Fsp3) is 0.385. The second-order valence-electron chi connectivity index (χ2n) is 9.00. The number of anilines is 1. The van der Waals surface area contributed by atoms with Crippen LogP contribution in [-0.4, -0.2) is 51.8 Å². The molecular formula is C26H30FN3OS. The Bertz CT molecular complexity index is 1110. The van der Waals surface area contributed by atoms with Crippen LogP contribution in [0.4, 0.5) is 10.1 Å². The number of fused-ring (bicyclic) bond motifs is 1. The Kier molecular flexibility index (Phi) is 6.01. The monoisotopic (exact) mass is 451 g/mol. The largest absolute Gasteiger partial charge is 0.495 e. The Morgan fingerprint density at radius 2 is 1.84 bits per heavy atom. The van der Waals surface area contributed by atoms with Crippen molar-refractivity contribution in [3.8, 4) is 5.75 Å². The summed E-state index contributed by atoms with van der Waals surface area (Å²) in [5, 5.41) is 2.15. The van der Waals surface area contributed by atoms with Gasteiger partial charge in [-0.2, -0.15) is 0 Å². The molecule has 1 aliphatic carbocycles. The zero-order valence-corrected chi connectivity index (χ0v) is 19.6. The molecule has 168 valence electrons. The summed E-state index contributed by atoms with van der Waals surface area (Å²) in [7, 11) is 3.91. The van der Waals surface area contributed by atoms with Gasteiger partial charge in [-0.25, -0.2) is 4.39 Å². The molecule has 1 N–H and O–H groups in total. The summed E-state index contributed by atoms with van der Waals surface area (Å²) in [6.45, 7) is 5.01. The lowest BCUT2D eigenvalue weighted by Gasteiger charge is -2.34. The summed E-state index contributed by atoms with van der Waals surface area (Å²) in [6, 6.07) is 17.8. The number of piperazine rings is 1. The molecule has 0 spiro atoms. The smallest absolute Gasteiger partial charge is 0.142 e. The first-order chi connectivity index (χ1) is 15.6. The van der Waals surface area contributed by atoms with Gasteiger partial charge in [0.15, 0.2) is 0 Å². The lowest BCUT2D eigenvalue weighted by molar-refractivity contribution is 0.311. The van der Waals surface area contributed by atoms with E-state index in [1.807, 2.05) is 6.07 Å². The molecule has 0 amide bonds. The second kappa shape index (κ2) is 8.93. The summed E-state index contributed by atoms with van der Waals surface area (Å²) < 4.78 is 23.2. The van der Waals surface area contributed by atoms with Crippen LogP contribution in [0.2, 0.25) is 0 Å². The van der Waals surface area contributed by atoms with Crippen LogP contribution in [0.25, 0.3) is 10.8 Å². The normalized spacial score (nSPS) is 18.2. The molecule has 3 aromatic rings. The van der Waals surface area contributed by atoms with E-state index in [4.69, 9.17) is 4.74 Å². The molecule has 2 aliphatic rings. The molecule has 4 nitrogen and oxygen atoms in total. The standard InChI is InChI=1S/C26H30FN3OS/c1-29-12-14-30(15-13-29)24-17-21(8-9-25(24)31-2)32-28-18-26(10-11-26)23-5-3-4-19-6-7-20(27)16-22(19)23/h3-9,16-17,28H,10-15,18H2,1-2H3. The van der Waals surface area contributed by atoms with E-state index in [0.717, 1.165) is 67.8 Å². The van der Waals surface area contributed by atoms with Crippen LogP contribution in [0.5, 0.6) is 5.75 Å². The number of rotatable bonds is 7. The lowest BCUT2D eigenvalue weighted by atomic mass is 9.91. The topological polar surface area (TPSA) is 27.7 Å². The summed E-state index contributed by atoms with van der Waals surface area (Å²) in [5.74, 6) is 0.758. The highest BCUT2D eigenvalue weighted by molar-refractivity contribution is 7.97. The number of nitrogens with zero attached hydrogens (tertiary/aromatic N) is 2. The van der Waals surface area contributed by atoms with Gasteiger partial charge in [-0.1, -0.05) is 24.3 Å². The summed E-state index contributed by atoms with van der Waals surface area (Å²) in [6.07, 6.45) is 2.26. The van der Waals surface area contributed by atoms with Crippen molar-refractivity contribution < 1.29 is 9.13 Å². The van der Waals surface area contributed by atoms with E-state index in [1.165, 1.54) is 10.5 Å². The molecule has 1 aliphatic heterocycles. The first-order valence-electron chi connectivity index (χ1n) is 11.3. The number of benzene rings is 3. The maximum atomic E-state index is 13.9. The molecule has 1 saturated carbocycles. The molecule has 32 heavy (non-hydrogen) atoms. The molecule has 0 bridgehead atoms. The number of hydrogen-bond acceptors (Lipinski definition) is 5. The fourth-order valence-electron chi connectivity index (χ4n) is 4.68. The predicted octanol–water partition coefficient (Wildman–Crippen LogP) is 5.07. The molecule has 2 fully saturated rings. The van der Waals surface area contributed by atoms with Crippen molar-refractivity contribution >= 4 is 28.4 Å². The van der Waals surface area contributed by atoms with Crippen molar-refractivity contribution in [2.24, 2.45) is 0 Å². The van der Waals surface area contributed by atoms with Crippen LogP contribution < -0.4 is 14.4 Å². The van der Waals surface area contributed by atoms with Crippen molar-refractivity contribution in [2.75, 3.05) is 51.8 Å². The number of likely N-dealkylation sites (N-methyl/N-ethyl adjacent to an activating group) is 1. The van der Waals surface area contributed by atoms with Gasteiger partial charge >= 0.3 is 0 Å². The van der Waals surface area contributed by atoms with Crippen LogP contribution in [0, 0.1) is 5.82 Å². The zero-order chi connectivity index (χ0) is 22.1. The molecule has 3 aromatic carbocycles. The van der Waals surface area contributed by atoms with Crippen LogP contribution in [0.3, 0.4) is 0 Å². The third kappa shape index (κ3) is 4.32. The summed E-state index contributed by atoms with van der Waals surface area (Å²) in [4.78, 5) is 5.95. The number of methoxy groups -OCH3 is 1. The molecule has 1 heterocycles. The zero-order valence-electron chi connectivity index (χ0n) is 18.7. The molecular weight excluding hydrogens is 421 g/mol. The van der Waals surface area contributed by atoms with Crippen molar-refractivity contribution in [3.63, 3.8) is 0 Å². The number of ether oxygens (including phenoxy) is 1. The van der Waals surface area contributed by atoms with Crippen molar-refractivity contribution in [3.05, 3.63) is 66.0 Å². The molecule has 0 atom stereocenters. The number of hydrogen-bond donors (Lipinski definition) is 1. The fourth-order valence-corrected chi connectivity index (χ4v) is 5.51. The van der Waals surface area contributed by atoms with Crippen molar-refractivity contribution in [1.82, 2.24) is 9.62 Å². The van der Waals surface area contributed by atoms with Crippen molar-refractivity contribution in [2.45, 2.75) is 23.2 Å². The Labute approximate surface area is 193 Å². The van der Waals surface area contributed by atoms with Crippen LogP contribution >= 0.6 is 11.9 Å². The van der Waals surface area contributed by atoms with E-state index >= 15 is 0 Å². The Hall–Kier alpha value is -2.28. The van der Waals surface area contributed by atoms with Gasteiger partial charge in [-0.3, -0.25) is 4.72 Å². The van der Waals surface area contributed by atoms with Crippen molar-refractivity contribution in [1.29, 1.82) is 0 Å². The third-order valence-corrected chi connectivity index (χ3v) is 7.64. The molecule has 5 rings (SSSR count). The molecule has 6 heteroatoms.